The Labute approximate surface area is 128 Å². The Balaban J connectivity index is 1.66. The summed E-state index contributed by atoms with van der Waals surface area (Å²) in [5.41, 5.74) is 0.478. The van der Waals surface area contributed by atoms with Crippen LogP contribution in [-0.2, 0) is 11.3 Å². The van der Waals surface area contributed by atoms with E-state index in [1.54, 1.807) is 29.4 Å². The smallest absolute Gasteiger partial charge is 0.257 e. The summed E-state index contributed by atoms with van der Waals surface area (Å²) in [7, 11) is 0. The molecule has 116 valence electrons. The van der Waals surface area contributed by atoms with Gasteiger partial charge < -0.3 is 19.1 Å². The number of hydrogen-bond donors (Lipinski definition) is 1. The summed E-state index contributed by atoms with van der Waals surface area (Å²) in [5, 5.41) is 2.83. The predicted octanol–water partition coefficient (Wildman–Crippen LogP) is 2.18. The lowest BCUT2D eigenvalue weighted by atomic mass is 10.0. The maximum Gasteiger partial charge on any atom is 0.257 e. The molecule has 0 bridgehead atoms. The van der Waals surface area contributed by atoms with Crippen molar-refractivity contribution in [1.82, 2.24) is 10.2 Å². The highest BCUT2D eigenvalue weighted by Gasteiger charge is 2.32. The van der Waals surface area contributed by atoms with Gasteiger partial charge in [-0.15, -0.1) is 0 Å². The van der Waals surface area contributed by atoms with Crippen molar-refractivity contribution in [2.75, 3.05) is 6.54 Å². The predicted molar refractivity (Wildman–Crippen MR) is 77.9 cm³/mol. The molecule has 0 aromatic carbocycles. The molecule has 1 aliphatic rings. The van der Waals surface area contributed by atoms with Gasteiger partial charge in [-0.1, -0.05) is 0 Å². The van der Waals surface area contributed by atoms with Crippen LogP contribution in [0.3, 0.4) is 0 Å². The molecule has 0 spiro atoms. The average molecular weight is 302 g/mol. The molecule has 6 heteroatoms. The fraction of sp³-hybridized carbons (Fsp3) is 0.375. The number of rotatable bonds is 4. The van der Waals surface area contributed by atoms with Crippen LogP contribution in [0.4, 0.5) is 0 Å². The fourth-order valence-corrected chi connectivity index (χ4v) is 2.70. The first-order chi connectivity index (χ1) is 10.8. The van der Waals surface area contributed by atoms with E-state index in [2.05, 4.69) is 5.32 Å². The number of piperidine rings is 1. The highest BCUT2D eigenvalue weighted by atomic mass is 16.3. The van der Waals surface area contributed by atoms with Gasteiger partial charge in [0.15, 0.2) is 0 Å². The minimum Gasteiger partial charge on any atom is -0.472 e. The lowest BCUT2D eigenvalue weighted by Crippen LogP contribution is -2.51. The van der Waals surface area contributed by atoms with E-state index in [0.29, 0.717) is 30.8 Å². The van der Waals surface area contributed by atoms with Crippen molar-refractivity contribution < 1.29 is 18.4 Å². The fourth-order valence-electron chi connectivity index (χ4n) is 2.70. The summed E-state index contributed by atoms with van der Waals surface area (Å²) in [5.74, 6) is 0.386. The van der Waals surface area contributed by atoms with Crippen molar-refractivity contribution in [3.8, 4) is 0 Å². The highest BCUT2D eigenvalue weighted by Crippen LogP contribution is 2.20. The van der Waals surface area contributed by atoms with E-state index < -0.39 is 6.04 Å². The number of carbonyl (C=O) groups excluding carboxylic acids is 2. The summed E-state index contributed by atoms with van der Waals surface area (Å²) in [6, 6.07) is 4.76. The van der Waals surface area contributed by atoms with Crippen LogP contribution < -0.4 is 5.32 Å². The van der Waals surface area contributed by atoms with Gasteiger partial charge in [0.25, 0.3) is 5.91 Å². The van der Waals surface area contributed by atoms with E-state index in [-0.39, 0.29) is 11.8 Å². The molecule has 1 atom stereocenters. The molecule has 3 rings (SSSR count). The first-order valence-electron chi connectivity index (χ1n) is 7.39. The van der Waals surface area contributed by atoms with E-state index in [0.717, 1.165) is 12.8 Å². The second-order valence-electron chi connectivity index (χ2n) is 5.32. The van der Waals surface area contributed by atoms with Gasteiger partial charge in [-0.2, -0.15) is 0 Å². The molecular weight excluding hydrogens is 284 g/mol. The van der Waals surface area contributed by atoms with Gasteiger partial charge in [-0.05, 0) is 37.5 Å². The number of hydrogen-bond acceptors (Lipinski definition) is 4. The van der Waals surface area contributed by atoms with E-state index in [9.17, 15) is 9.59 Å². The van der Waals surface area contributed by atoms with Crippen LogP contribution in [0.15, 0.2) is 45.8 Å². The van der Waals surface area contributed by atoms with Crippen LogP contribution in [0, 0.1) is 0 Å². The number of amides is 2. The summed E-state index contributed by atoms with van der Waals surface area (Å²) >= 11 is 0. The van der Waals surface area contributed by atoms with E-state index >= 15 is 0 Å². The molecule has 0 radical (unpaired) electrons. The van der Waals surface area contributed by atoms with Crippen LogP contribution in [0.2, 0.25) is 0 Å². The first-order valence-corrected chi connectivity index (χ1v) is 7.39. The highest BCUT2D eigenvalue weighted by molar-refractivity contribution is 5.97. The van der Waals surface area contributed by atoms with Crippen LogP contribution in [-0.4, -0.2) is 29.3 Å². The van der Waals surface area contributed by atoms with Crippen molar-refractivity contribution in [1.29, 1.82) is 0 Å². The second-order valence-corrected chi connectivity index (χ2v) is 5.32. The van der Waals surface area contributed by atoms with Gasteiger partial charge in [-0.25, -0.2) is 0 Å². The van der Waals surface area contributed by atoms with Gasteiger partial charge in [0, 0.05) is 6.54 Å². The monoisotopic (exact) mass is 302 g/mol. The number of furan rings is 2. The summed E-state index contributed by atoms with van der Waals surface area (Å²) in [6.07, 6.45) is 6.96. The Bertz CT molecular complexity index is 619. The molecular formula is C16H18N2O4. The summed E-state index contributed by atoms with van der Waals surface area (Å²) in [4.78, 5) is 26.5. The molecule has 22 heavy (non-hydrogen) atoms. The largest absolute Gasteiger partial charge is 0.472 e. The Morgan fingerprint density at radius 2 is 2.18 bits per heavy atom. The van der Waals surface area contributed by atoms with Crippen molar-refractivity contribution in [2.24, 2.45) is 0 Å². The zero-order chi connectivity index (χ0) is 15.4. The third kappa shape index (κ3) is 3.05. The molecule has 6 nitrogen and oxygen atoms in total. The maximum atomic E-state index is 12.5. The molecule has 1 saturated heterocycles. The van der Waals surface area contributed by atoms with Crippen LogP contribution in [0.1, 0.15) is 35.4 Å². The molecule has 2 amide bonds. The zero-order valence-corrected chi connectivity index (χ0v) is 12.2. The Morgan fingerprint density at radius 1 is 1.27 bits per heavy atom. The Hall–Kier alpha value is -2.50. The molecule has 1 fully saturated rings. The minimum absolute atomic E-state index is 0.145. The number of nitrogens with zero attached hydrogens (tertiary/aromatic N) is 1. The zero-order valence-electron chi connectivity index (χ0n) is 12.2. The molecule has 2 aromatic heterocycles. The van der Waals surface area contributed by atoms with E-state index in [1.807, 2.05) is 0 Å². The minimum atomic E-state index is -0.439. The third-order valence-corrected chi connectivity index (χ3v) is 3.85. The van der Waals surface area contributed by atoms with Gasteiger partial charge in [-0.3, -0.25) is 9.59 Å². The molecule has 1 aliphatic heterocycles. The Morgan fingerprint density at radius 3 is 2.91 bits per heavy atom. The lowest BCUT2D eigenvalue weighted by Gasteiger charge is -2.34. The summed E-state index contributed by atoms with van der Waals surface area (Å²) < 4.78 is 10.2. The van der Waals surface area contributed by atoms with Crippen LogP contribution in [0.25, 0.3) is 0 Å². The molecule has 0 unspecified atom stereocenters. The second kappa shape index (κ2) is 6.51. The van der Waals surface area contributed by atoms with E-state index in [4.69, 9.17) is 8.83 Å². The van der Waals surface area contributed by atoms with Crippen molar-refractivity contribution in [3.63, 3.8) is 0 Å². The molecule has 3 heterocycles. The SMILES string of the molecule is O=C(NCc1ccco1)[C@@H]1CCCCN1C(=O)c1ccoc1. The third-order valence-electron chi connectivity index (χ3n) is 3.85. The van der Waals surface area contributed by atoms with Gasteiger partial charge >= 0.3 is 0 Å². The molecule has 2 aromatic rings. The van der Waals surface area contributed by atoms with Gasteiger partial charge in [0.2, 0.25) is 5.91 Å². The quantitative estimate of drug-likeness (QED) is 0.939. The van der Waals surface area contributed by atoms with Crippen LogP contribution in [0.5, 0.6) is 0 Å². The topological polar surface area (TPSA) is 75.7 Å². The molecule has 0 aliphatic carbocycles. The first kappa shape index (κ1) is 14.4. The standard InChI is InChI=1S/C16H18N2O4/c19-15(17-10-13-4-3-8-22-13)14-5-1-2-7-18(14)16(20)12-6-9-21-11-12/h3-4,6,8-9,11,14H,1-2,5,7,10H2,(H,17,19)/t14-/m0/s1. The Kier molecular flexibility index (Phi) is 4.27. The molecule has 1 N–H and O–H groups in total. The number of likely N-dealkylation sites (tertiary alicyclic amines) is 1. The normalized spacial score (nSPS) is 18.2. The van der Waals surface area contributed by atoms with Crippen molar-refractivity contribution in [2.45, 2.75) is 31.8 Å². The summed E-state index contributed by atoms with van der Waals surface area (Å²) in [6.45, 7) is 0.916. The maximum absolute atomic E-state index is 12.5. The van der Waals surface area contributed by atoms with Crippen molar-refractivity contribution >= 4 is 11.8 Å². The van der Waals surface area contributed by atoms with Crippen molar-refractivity contribution in [3.05, 3.63) is 48.3 Å². The lowest BCUT2D eigenvalue weighted by molar-refractivity contribution is -0.126. The average Bonchev–Trinajstić information content (AvgIpc) is 3.25. The van der Waals surface area contributed by atoms with E-state index in [1.165, 1.54) is 12.5 Å². The number of nitrogens with one attached hydrogen (secondary N) is 1. The van der Waals surface area contributed by atoms with Crippen LogP contribution >= 0.6 is 0 Å². The van der Waals surface area contributed by atoms with Gasteiger partial charge in [0.05, 0.1) is 24.6 Å². The number of carbonyl (C=O) groups is 2. The van der Waals surface area contributed by atoms with Gasteiger partial charge in [0.1, 0.15) is 18.1 Å². The molecule has 0 saturated carbocycles.